The summed E-state index contributed by atoms with van der Waals surface area (Å²) >= 11 is 6.14. The maximum atomic E-state index is 6.14. The van der Waals surface area contributed by atoms with Crippen LogP contribution in [0.3, 0.4) is 0 Å². The molecule has 1 unspecified atom stereocenters. The smallest absolute Gasteiger partial charge is 0.0732 e. The predicted octanol–water partition coefficient (Wildman–Crippen LogP) is 3.05. The normalized spacial score (nSPS) is 18.8. The minimum atomic E-state index is -1.24. The van der Waals surface area contributed by atoms with Crippen molar-refractivity contribution in [3.8, 4) is 0 Å². The monoisotopic (exact) mass is 162 g/mol. The fraction of sp³-hybridized carbons (Fsp3) is 0.714. The maximum Gasteiger partial charge on any atom is 0.0732 e. The molecule has 0 N–H and O–H groups in total. The van der Waals surface area contributed by atoms with Gasteiger partial charge in [-0.3, -0.25) is 0 Å². The van der Waals surface area contributed by atoms with Crippen molar-refractivity contribution in [3.05, 3.63) is 12.7 Å². The van der Waals surface area contributed by atoms with E-state index in [0.717, 1.165) is 0 Å². The third-order valence-corrected chi connectivity index (χ3v) is 6.84. The molecule has 0 aromatic rings. The molecule has 0 spiro atoms. The van der Waals surface area contributed by atoms with Gasteiger partial charge in [0.1, 0.15) is 0 Å². The number of hydrogen-bond acceptors (Lipinski definition) is 0. The molecule has 0 nitrogen and oxygen atoms in total. The van der Waals surface area contributed by atoms with Crippen LogP contribution in [0.25, 0.3) is 0 Å². The number of rotatable bonds is 2. The summed E-state index contributed by atoms with van der Waals surface area (Å²) < 4.78 is -0.146. The average Bonchev–Trinajstić information content (AvgIpc) is 1.64. The third kappa shape index (κ3) is 2.15. The molecule has 1 atom stereocenters. The van der Waals surface area contributed by atoms with Gasteiger partial charge in [0.05, 0.1) is 12.6 Å². The van der Waals surface area contributed by atoms with Crippen LogP contribution in [0.4, 0.5) is 0 Å². The van der Waals surface area contributed by atoms with Gasteiger partial charge >= 0.3 is 0 Å². The van der Waals surface area contributed by atoms with E-state index >= 15 is 0 Å². The van der Waals surface area contributed by atoms with Crippen molar-refractivity contribution in [2.24, 2.45) is 0 Å². The molecule has 0 radical (unpaired) electrons. The first-order valence-electron chi connectivity index (χ1n) is 3.14. The van der Waals surface area contributed by atoms with E-state index in [1.54, 1.807) is 0 Å². The summed E-state index contributed by atoms with van der Waals surface area (Å²) in [7, 11) is -1.24. The van der Waals surface area contributed by atoms with Crippen LogP contribution >= 0.6 is 11.6 Å². The second kappa shape index (κ2) is 2.47. The number of alkyl halides is 1. The Morgan fingerprint density at radius 1 is 1.44 bits per heavy atom. The van der Waals surface area contributed by atoms with Crippen molar-refractivity contribution in [1.82, 2.24) is 0 Å². The lowest BCUT2D eigenvalue weighted by molar-refractivity contribution is 1.05. The van der Waals surface area contributed by atoms with Crippen LogP contribution in [-0.2, 0) is 0 Å². The fourth-order valence-corrected chi connectivity index (χ4v) is 0.919. The summed E-state index contributed by atoms with van der Waals surface area (Å²) in [6, 6.07) is 0. The molecule has 0 aromatic carbocycles. The summed E-state index contributed by atoms with van der Waals surface area (Å²) in [6.45, 7) is 12.5. The maximum absolute atomic E-state index is 6.14. The minimum absolute atomic E-state index is 0.146. The Hall–Kier alpha value is 0.247. The SMILES string of the molecule is C=CC(C)(Cl)[Si](C)(C)C. The lowest BCUT2D eigenvalue weighted by Crippen LogP contribution is -2.43. The summed E-state index contributed by atoms with van der Waals surface area (Å²) in [5.74, 6) is 0. The Bertz CT molecular complexity index is 111. The van der Waals surface area contributed by atoms with E-state index in [1.165, 1.54) is 0 Å². The lowest BCUT2D eigenvalue weighted by atomic mass is 10.5. The van der Waals surface area contributed by atoms with E-state index in [9.17, 15) is 0 Å². The molecule has 0 fully saturated rings. The van der Waals surface area contributed by atoms with Gasteiger partial charge in [0, 0.05) is 0 Å². The van der Waals surface area contributed by atoms with Gasteiger partial charge in [-0.1, -0.05) is 25.7 Å². The van der Waals surface area contributed by atoms with Crippen LogP contribution in [0, 0.1) is 0 Å². The molecule has 2 heteroatoms. The van der Waals surface area contributed by atoms with Crippen molar-refractivity contribution in [2.45, 2.75) is 31.1 Å². The molecule has 0 aliphatic heterocycles. The van der Waals surface area contributed by atoms with E-state index in [2.05, 4.69) is 26.2 Å². The van der Waals surface area contributed by atoms with E-state index < -0.39 is 8.07 Å². The summed E-state index contributed by atoms with van der Waals surface area (Å²) in [5.41, 5.74) is 0. The quantitative estimate of drug-likeness (QED) is 0.333. The molecule has 54 valence electrons. The number of allylic oxidation sites excluding steroid dienone is 1. The highest BCUT2D eigenvalue weighted by molar-refractivity contribution is 6.86. The first-order chi connectivity index (χ1) is 3.81. The third-order valence-electron chi connectivity index (χ3n) is 1.85. The zero-order valence-electron chi connectivity index (χ0n) is 6.66. The minimum Gasteiger partial charge on any atom is -0.119 e. The van der Waals surface area contributed by atoms with Crippen LogP contribution in [0.15, 0.2) is 12.7 Å². The van der Waals surface area contributed by atoms with Gasteiger partial charge in [-0.2, -0.15) is 0 Å². The lowest BCUT2D eigenvalue weighted by Gasteiger charge is -2.31. The summed E-state index contributed by atoms with van der Waals surface area (Å²) in [6.07, 6.45) is 1.85. The van der Waals surface area contributed by atoms with E-state index in [-0.39, 0.29) is 4.50 Å². The van der Waals surface area contributed by atoms with E-state index in [4.69, 9.17) is 11.6 Å². The van der Waals surface area contributed by atoms with Gasteiger partial charge in [-0.15, -0.1) is 18.2 Å². The number of halogens is 1. The van der Waals surface area contributed by atoms with Gasteiger partial charge in [-0.05, 0) is 6.92 Å². The highest BCUT2D eigenvalue weighted by atomic mass is 35.5. The molecular weight excluding hydrogens is 148 g/mol. The first-order valence-corrected chi connectivity index (χ1v) is 7.01. The summed E-state index contributed by atoms with van der Waals surface area (Å²) in [5, 5.41) is 0. The van der Waals surface area contributed by atoms with Crippen LogP contribution in [0.1, 0.15) is 6.92 Å². The molecule has 9 heavy (non-hydrogen) atoms. The van der Waals surface area contributed by atoms with E-state index in [1.807, 2.05) is 13.0 Å². The van der Waals surface area contributed by atoms with Gasteiger partial charge in [0.25, 0.3) is 0 Å². The van der Waals surface area contributed by atoms with Gasteiger partial charge in [0.2, 0.25) is 0 Å². The van der Waals surface area contributed by atoms with E-state index in [0.29, 0.717) is 0 Å². The second-order valence-corrected chi connectivity index (χ2v) is 10.2. The molecule has 0 aliphatic carbocycles. The molecule has 0 heterocycles. The Morgan fingerprint density at radius 2 is 1.78 bits per heavy atom. The van der Waals surface area contributed by atoms with Gasteiger partial charge in [-0.25, -0.2) is 0 Å². The van der Waals surface area contributed by atoms with Crippen LogP contribution in [0.5, 0.6) is 0 Å². The van der Waals surface area contributed by atoms with Crippen LogP contribution in [0.2, 0.25) is 19.6 Å². The molecule has 0 aromatic heterocycles. The molecule has 0 saturated heterocycles. The highest BCUT2D eigenvalue weighted by Gasteiger charge is 2.33. The van der Waals surface area contributed by atoms with Crippen molar-refractivity contribution >= 4 is 19.7 Å². The topological polar surface area (TPSA) is 0 Å². The molecule has 0 amide bonds. The Balaban J connectivity index is 4.32. The Kier molecular flexibility index (Phi) is 2.54. The molecule has 0 aliphatic rings. The first kappa shape index (κ1) is 9.25. The second-order valence-electron chi connectivity index (χ2n) is 3.53. The molecular formula is C7H15ClSi. The zero-order valence-corrected chi connectivity index (χ0v) is 8.42. The van der Waals surface area contributed by atoms with Gasteiger partial charge < -0.3 is 0 Å². The number of hydrogen-bond donors (Lipinski definition) is 0. The molecule has 0 saturated carbocycles. The largest absolute Gasteiger partial charge is 0.119 e. The summed E-state index contributed by atoms with van der Waals surface area (Å²) in [4.78, 5) is 0. The van der Waals surface area contributed by atoms with Crippen molar-refractivity contribution in [1.29, 1.82) is 0 Å². The average molecular weight is 163 g/mol. The van der Waals surface area contributed by atoms with Crippen molar-refractivity contribution < 1.29 is 0 Å². The molecule has 0 rings (SSSR count). The predicted molar refractivity (Wildman–Crippen MR) is 47.8 cm³/mol. The highest BCUT2D eigenvalue weighted by Crippen LogP contribution is 2.27. The van der Waals surface area contributed by atoms with Gasteiger partial charge in [0.15, 0.2) is 0 Å². The Morgan fingerprint density at radius 3 is 1.78 bits per heavy atom. The van der Waals surface area contributed by atoms with Crippen LogP contribution < -0.4 is 0 Å². The zero-order chi connectivity index (χ0) is 7.71. The van der Waals surface area contributed by atoms with Crippen LogP contribution in [-0.4, -0.2) is 12.6 Å². The standard InChI is InChI=1S/C7H15ClSi/c1-6-7(2,8)9(3,4)5/h6H,1H2,2-5H3. The fourth-order valence-electron chi connectivity index (χ4n) is 0.306. The molecule has 0 bridgehead atoms. The Labute approximate surface area is 63.9 Å². The van der Waals surface area contributed by atoms with Crippen molar-refractivity contribution in [2.75, 3.05) is 0 Å². The van der Waals surface area contributed by atoms with Crippen molar-refractivity contribution in [3.63, 3.8) is 0 Å².